The van der Waals surface area contributed by atoms with Crippen molar-refractivity contribution in [1.29, 1.82) is 0 Å². The molecule has 1 aliphatic heterocycles. The molecule has 3 rings (SSSR count). The predicted octanol–water partition coefficient (Wildman–Crippen LogP) is 3.12. The van der Waals surface area contributed by atoms with Crippen molar-refractivity contribution >= 4 is 48.0 Å². The molecule has 140 valence electrons. The number of anilines is 2. The second-order valence-corrected chi connectivity index (χ2v) is 5.79. The van der Waals surface area contributed by atoms with E-state index in [0.29, 0.717) is 16.9 Å². The number of piperidine rings is 1. The molecule has 1 aliphatic rings. The molecular weight excluding hydrogens is 375 g/mol. The van der Waals surface area contributed by atoms with E-state index in [-0.39, 0.29) is 42.5 Å². The van der Waals surface area contributed by atoms with E-state index in [0.717, 1.165) is 25.9 Å². The van der Waals surface area contributed by atoms with E-state index in [4.69, 9.17) is 0 Å². The van der Waals surface area contributed by atoms with Crippen molar-refractivity contribution in [2.45, 2.75) is 12.8 Å². The number of amides is 2. The first-order valence-electron chi connectivity index (χ1n) is 8.05. The zero-order chi connectivity index (χ0) is 16.8. The number of nitrogens with zero attached hydrogens (tertiary/aromatic N) is 1. The average molecular weight is 397 g/mol. The number of carbonyl (C=O) groups excluding carboxylic acids is 2. The Morgan fingerprint density at radius 1 is 0.962 bits per heavy atom. The van der Waals surface area contributed by atoms with Crippen LogP contribution in [0.2, 0.25) is 0 Å². The Labute approximate surface area is 165 Å². The summed E-state index contributed by atoms with van der Waals surface area (Å²) in [7, 11) is 0. The number of carbonyl (C=O) groups is 2. The number of pyridine rings is 1. The minimum atomic E-state index is -0.209. The molecule has 0 radical (unpaired) electrons. The Hall–Kier alpha value is -2.15. The maximum atomic E-state index is 12.2. The topological polar surface area (TPSA) is 83.1 Å². The number of benzene rings is 1. The summed E-state index contributed by atoms with van der Waals surface area (Å²) in [5, 5.41) is 8.94. The van der Waals surface area contributed by atoms with Crippen LogP contribution in [0.3, 0.4) is 0 Å². The van der Waals surface area contributed by atoms with Gasteiger partial charge >= 0.3 is 0 Å². The Bertz CT molecular complexity index is 705. The van der Waals surface area contributed by atoms with Gasteiger partial charge in [-0.05, 0) is 62.3 Å². The van der Waals surface area contributed by atoms with Gasteiger partial charge in [0, 0.05) is 23.4 Å². The molecule has 1 saturated heterocycles. The molecule has 1 fully saturated rings. The molecule has 0 atom stereocenters. The highest BCUT2D eigenvalue weighted by Crippen LogP contribution is 2.16. The van der Waals surface area contributed by atoms with Crippen LogP contribution >= 0.6 is 24.8 Å². The minimum Gasteiger partial charge on any atom is -0.326 e. The highest BCUT2D eigenvalue weighted by atomic mass is 35.5. The highest BCUT2D eigenvalue weighted by Gasteiger charge is 2.20. The smallest absolute Gasteiger partial charge is 0.255 e. The zero-order valence-corrected chi connectivity index (χ0v) is 15.7. The Balaban J connectivity index is 0.00000169. The van der Waals surface area contributed by atoms with Gasteiger partial charge in [0.05, 0.1) is 11.9 Å². The van der Waals surface area contributed by atoms with Crippen molar-refractivity contribution in [3.8, 4) is 0 Å². The average Bonchev–Trinajstić information content (AvgIpc) is 2.64. The summed E-state index contributed by atoms with van der Waals surface area (Å²) in [6, 6.07) is 10.4. The number of rotatable bonds is 4. The van der Waals surface area contributed by atoms with Gasteiger partial charge in [-0.3, -0.25) is 14.6 Å². The maximum absolute atomic E-state index is 12.2. The Morgan fingerprint density at radius 2 is 1.65 bits per heavy atom. The van der Waals surface area contributed by atoms with E-state index in [2.05, 4.69) is 20.9 Å². The number of nitrogens with one attached hydrogen (secondary N) is 3. The fourth-order valence-electron chi connectivity index (χ4n) is 2.67. The normalized spacial score (nSPS) is 13.7. The van der Waals surface area contributed by atoms with Gasteiger partial charge in [0.2, 0.25) is 5.91 Å². The SMILES string of the molecule is Cl.Cl.O=C(Nc1cccnc1)c1ccc(NC(=O)C2CCNCC2)cc1. The van der Waals surface area contributed by atoms with E-state index in [1.165, 1.54) is 0 Å². The van der Waals surface area contributed by atoms with Gasteiger partial charge in [-0.15, -0.1) is 24.8 Å². The van der Waals surface area contributed by atoms with Gasteiger partial charge in [0.15, 0.2) is 0 Å². The van der Waals surface area contributed by atoms with E-state index in [9.17, 15) is 9.59 Å². The summed E-state index contributed by atoms with van der Waals surface area (Å²) >= 11 is 0. The number of halogens is 2. The summed E-state index contributed by atoms with van der Waals surface area (Å²) in [5.74, 6) is -0.108. The van der Waals surface area contributed by atoms with Crippen LogP contribution in [-0.4, -0.2) is 29.9 Å². The van der Waals surface area contributed by atoms with Crippen molar-refractivity contribution in [2.24, 2.45) is 5.92 Å². The van der Waals surface area contributed by atoms with Gasteiger partial charge in [0.1, 0.15) is 0 Å². The number of aromatic nitrogens is 1. The van der Waals surface area contributed by atoms with Crippen LogP contribution in [0.5, 0.6) is 0 Å². The van der Waals surface area contributed by atoms with Crippen molar-refractivity contribution in [1.82, 2.24) is 10.3 Å². The molecule has 2 heterocycles. The van der Waals surface area contributed by atoms with Gasteiger partial charge in [-0.25, -0.2) is 0 Å². The first-order valence-corrected chi connectivity index (χ1v) is 8.05. The highest BCUT2D eigenvalue weighted by molar-refractivity contribution is 6.04. The molecular formula is C18H22Cl2N4O2. The van der Waals surface area contributed by atoms with Crippen molar-refractivity contribution < 1.29 is 9.59 Å². The summed E-state index contributed by atoms with van der Waals surface area (Å²) in [6.45, 7) is 1.76. The molecule has 0 bridgehead atoms. The summed E-state index contributed by atoms with van der Waals surface area (Å²) < 4.78 is 0. The summed E-state index contributed by atoms with van der Waals surface area (Å²) in [6.07, 6.45) is 4.95. The van der Waals surface area contributed by atoms with Crippen LogP contribution < -0.4 is 16.0 Å². The summed E-state index contributed by atoms with van der Waals surface area (Å²) in [5.41, 5.74) is 1.88. The predicted molar refractivity (Wildman–Crippen MR) is 107 cm³/mol. The zero-order valence-electron chi connectivity index (χ0n) is 14.1. The van der Waals surface area contributed by atoms with Gasteiger partial charge < -0.3 is 16.0 Å². The lowest BCUT2D eigenvalue weighted by Crippen LogP contribution is -2.34. The quantitative estimate of drug-likeness (QED) is 0.741. The standard InChI is InChI=1S/C18H20N4O2.2ClH/c23-17(22-16-2-1-9-20-12-16)13-3-5-15(6-4-13)21-18(24)14-7-10-19-11-8-14;;/h1-6,9,12,14,19H,7-8,10-11H2,(H,21,24)(H,22,23);2*1H. The monoisotopic (exact) mass is 396 g/mol. The molecule has 3 N–H and O–H groups in total. The summed E-state index contributed by atoms with van der Waals surface area (Å²) in [4.78, 5) is 28.3. The third kappa shape index (κ3) is 5.98. The molecule has 0 aliphatic carbocycles. The van der Waals surface area contributed by atoms with E-state index in [1.54, 1.807) is 48.8 Å². The Kier molecular flexibility index (Phi) is 9.05. The largest absolute Gasteiger partial charge is 0.326 e. The number of hydrogen-bond acceptors (Lipinski definition) is 4. The molecule has 0 saturated carbocycles. The third-order valence-corrected chi connectivity index (χ3v) is 4.04. The van der Waals surface area contributed by atoms with Crippen LogP contribution in [0.25, 0.3) is 0 Å². The second-order valence-electron chi connectivity index (χ2n) is 5.79. The molecule has 26 heavy (non-hydrogen) atoms. The first-order chi connectivity index (χ1) is 11.7. The lowest BCUT2D eigenvalue weighted by molar-refractivity contribution is -0.120. The maximum Gasteiger partial charge on any atom is 0.255 e. The fraction of sp³-hybridized carbons (Fsp3) is 0.278. The van der Waals surface area contributed by atoms with Gasteiger partial charge in [-0.2, -0.15) is 0 Å². The van der Waals surface area contributed by atoms with Gasteiger partial charge in [0.25, 0.3) is 5.91 Å². The van der Waals surface area contributed by atoms with Crippen molar-refractivity contribution in [3.63, 3.8) is 0 Å². The molecule has 1 aromatic carbocycles. The fourth-order valence-corrected chi connectivity index (χ4v) is 2.67. The lowest BCUT2D eigenvalue weighted by atomic mass is 9.97. The second kappa shape index (κ2) is 10.8. The molecule has 8 heteroatoms. The van der Waals surface area contributed by atoms with Gasteiger partial charge in [-0.1, -0.05) is 0 Å². The minimum absolute atomic E-state index is 0. The van der Waals surface area contributed by atoms with Crippen molar-refractivity contribution in [2.75, 3.05) is 23.7 Å². The molecule has 0 unspecified atom stereocenters. The molecule has 6 nitrogen and oxygen atoms in total. The van der Waals surface area contributed by atoms with Crippen LogP contribution in [0, 0.1) is 5.92 Å². The van der Waals surface area contributed by atoms with E-state index in [1.807, 2.05) is 0 Å². The molecule has 2 aromatic rings. The van der Waals surface area contributed by atoms with Crippen LogP contribution in [0.4, 0.5) is 11.4 Å². The lowest BCUT2D eigenvalue weighted by Gasteiger charge is -2.21. The van der Waals surface area contributed by atoms with Crippen LogP contribution in [-0.2, 0) is 4.79 Å². The van der Waals surface area contributed by atoms with Crippen molar-refractivity contribution in [3.05, 3.63) is 54.4 Å². The van der Waals surface area contributed by atoms with E-state index >= 15 is 0 Å². The van der Waals surface area contributed by atoms with Crippen LogP contribution in [0.1, 0.15) is 23.2 Å². The first kappa shape index (κ1) is 21.9. The van der Waals surface area contributed by atoms with E-state index < -0.39 is 0 Å². The molecule has 2 amide bonds. The Morgan fingerprint density at radius 3 is 2.27 bits per heavy atom. The van der Waals surface area contributed by atoms with Crippen LogP contribution in [0.15, 0.2) is 48.8 Å². The molecule has 0 spiro atoms. The molecule has 1 aromatic heterocycles. The number of hydrogen-bond donors (Lipinski definition) is 3. The third-order valence-electron chi connectivity index (χ3n) is 4.04.